The average Bonchev–Trinajstić information content (AvgIpc) is 2.89. The van der Waals surface area contributed by atoms with E-state index in [4.69, 9.17) is 0 Å². The van der Waals surface area contributed by atoms with Crippen LogP contribution in [0.1, 0.15) is 0 Å². The first-order valence-corrected chi connectivity index (χ1v) is 10.8. The van der Waals surface area contributed by atoms with Crippen molar-refractivity contribution in [3.05, 3.63) is 122 Å². The molecule has 0 saturated heterocycles. The largest absolute Gasteiger partial charge is 0.256 e. The predicted octanol–water partition coefficient (Wildman–Crippen LogP) is 7.93. The van der Waals surface area contributed by atoms with Gasteiger partial charge in [0.25, 0.3) is 0 Å². The molecule has 2 heterocycles. The molecule has 0 aliphatic carbocycles. The van der Waals surface area contributed by atoms with Gasteiger partial charge in [-0.25, -0.2) is 0 Å². The van der Waals surface area contributed by atoms with Gasteiger partial charge in [0.1, 0.15) is 0 Å². The van der Waals surface area contributed by atoms with Crippen molar-refractivity contribution in [1.29, 1.82) is 0 Å². The highest BCUT2D eigenvalue weighted by molar-refractivity contribution is 6.24. The lowest BCUT2D eigenvalue weighted by Crippen LogP contribution is -1.84. The maximum Gasteiger partial charge on any atom is 0.0786 e. The molecule has 7 aromatic rings. The van der Waals surface area contributed by atoms with Gasteiger partial charge < -0.3 is 0 Å². The summed E-state index contributed by atoms with van der Waals surface area (Å²) in [6.07, 6.45) is 3.71. The zero-order valence-corrected chi connectivity index (χ0v) is 17.4. The minimum Gasteiger partial charge on any atom is -0.256 e. The van der Waals surface area contributed by atoms with Crippen molar-refractivity contribution in [2.75, 3.05) is 0 Å². The van der Waals surface area contributed by atoms with Crippen molar-refractivity contribution in [3.8, 4) is 0 Å². The number of hydrogen-bond donors (Lipinski definition) is 0. The maximum atomic E-state index is 4.56. The van der Waals surface area contributed by atoms with E-state index in [0.717, 1.165) is 11.0 Å². The third-order valence-electron chi connectivity index (χ3n) is 5.99. The molecular formula is C30H20N2. The van der Waals surface area contributed by atoms with Gasteiger partial charge in [-0.1, -0.05) is 97.1 Å². The average molecular weight is 409 g/mol. The molecule has 0 fully saturated rings. The van der Waals surface area contributed by atoms with E-state index in [1.807, 2.05) is 24.5 Å². The fraction of sp³-hybridized carbons (Fsp3) is 0. The highest BCUT2D eigenvalue weighted by Crippen LogP contribution is 2.33. The Hall–Kier alpha value is -4.30. The van der Waals surface area contributed by atoms with Crippen LogP contribution in [-0.4, -0.2) is 9.97 Å². The second-order valence-electron chi connectivity index (χ2n) is 7.85. The van der Waals surface area contributed by atoms with Crippen molar-refractivity contribution < 1.29 is 0 Å². The van der Waals surface area contributed by atoms with E-state index in [-0.39, 0.29) is 0 Å². The maximum absolute atomic E-state index is 4.56. The Bertz CT molecular complexity index is 1460. The van der Waals surface area contributed by atoms with Crippen LogP contribution in [0, 0.1) is 0 Å². The number of hydrogen-bond acceptors (Lipinski definition) is 2. The van der Waals surface area contributed by atoms with Gasteiger partial charge in [0.2, 0.25) is 0 Å². The minimum absolute atomic E-state index is 1.09. The zero-order chi connectivity index (χ0) is 21.3. The first kappa shape index (κ1) is 18.5. The summed E-state index contributed by atoms with van der Waals surface area (Å²) < 4.78 is 0. The van der Waals surface area contributed by atoms with Gasteiger partial charge in [-0.2, -0.15) is 0 Å². The Kier molecular flexibility index (Phi) is 4.47. The summed E-state index contributed by atoms with van der Waals surface area (Å²) in [5, 5.41) is 9.99. The molecule has 2 aromatic heterocycles. The summed E-state index contributed by atoms with van der Waals surface area (Å²) in [6, 6.07) is 37.8. The molecule has 5 aromatic carbocycles. The smallest absolute Gasteiger partial charge is 0.0786 e. The molecule has 150 valence electrons. The van der Waals surface area contributed by atoms with E-state index in [1.54, 1.807) is 0 Å². The number of rotatable bonds is 0. The molecule has 0 atom stereocenters. The number of benzene rings is 5. The molecule has 0 unspecified atom stereocenters. The fourth-order valence-electron chi connectivity index (χ4n) is 4.53. The van der Waals surface area contributed by atoms with Crippen LogP contribution in [0.2, 0.25) is 0 Å². The van der Waals surface area contributed by atoms with E-state index in [1.165, 1.54) is 43.1 Å². The van der Waals surface area contributed by atoms with Gasteiger partial charge >= 0.3 is 0 Å². The summed E-state index contributed by atoms with van der Waals surface area (Å²) in [5.41, 5.74) is 2.18. The first-order chi connectivity index (χ1) is 15.9. The summed E-state index contributed by atoms with van der Waals surface area (Å²) in [6.45, 7) is 0. The second-order valence-corrected chi connectivity index (χ2v) is 7.85. The van der Waals surface area contributed by atoms with Crippen LogP contribution in [0.25, 0.3) is 54.1 Å². The third-order valence-corrected chi connectivity index (χ3v) is 5.99. The van der Waals surface area contributed by atoms with Gasteiger partial charge in [-0.3, -0.25) is 9.97 Å². The minimum atomic E-state index is 1.09. The lowest BCUT2D eigenvalue weighted by molar-refractivity contribution is 1.43. The Morgan fingerprint density at radius 1 is 0.312 bits per heavy atom. The molecular weight excluding hydrogens is 388 g/mol. The van der Waals surface area contributed by atoms with Crippen LogP contribution >= 0.6 is 0 Å². The van der Waals surface area contributed by atoms with Crippen LogP contribution in [-0.2, 0) is 0 Å². The second kappa shape index (κ2) is 7.75. The lowest BCUT2D eigenvalue weighted by atomic mass is 9.97. The summed E-state index contributed by atoms with van der Waals surface area (Å²) in [4.78, 5) is 8.97. The molecule has 0 N–H and O–H groups in total. The van der Waals surface area contributed by atoms with Gasteiger partial charge in [-0.05, 0) is 33.7 Å². The molecule has 2 heteroatoms. The van der Waals surface area contributed by atoms with E-state index >= 15 is 0 Å². The topological polar surface area (TPSA) is 25.8 Å². The molecule has 0 aliphatic rings. The SMILES string of the molecule is c1ccc2c(c1)c1ccccc1c1ncccc21.c1ccc2c(c1)ccc1cccnc12. The standard InChI is InChI=1S/C17H11N.C13H9N/c1-2-7-14-12(6-1)13-8-3-4-9-15(13)17-16(14)10-5-11-18-17;1-2-6-12-10(4-1)7-8-11-5-3-9-14-13(11)12/h1-11H;1-9H. The molecule has 0 saturated carbocycles. The van der Waals surface area contributed by atoms with Crippen molar-refractivity contribution in [2.45, 2.75) is 0 Å². The molecule has 0 spiro atoms. The number of aromatic nitrogens is 2. The molecule has 0 radical (unpaired) electrons. The quantitative estimate of drug-likeness (QED) is 0.238. The molecule has 2 nitrogen and oxygen atoms in total. The van der Waals surface area contributed by atoms with Crippen LogP contribution in [0.5, 0.6) is 0 Å². The lowest BCUT2D eigenvalue weighted by Gasteiger charge is -2.08. The summed E-state index contributed by atoms with van der Waals surface area (Å²) in [5.74, 6) is 0. The van der Waals surface area contributed by atoms with Crippen LogP contribution < -0.4 is 0 Å². The van der Waals surface area contributed by atoms with Crippen molar-refractivity contribution >= 4 is 54.1 Å². The zero-order valence-electron chi connectivity index (χ0n) is 17.4. The van der Waals surface area contributed by atoms with Crippen LogP contribution in [0.15, 0.2) is 122 Å². The van der Waals surface area contributed by atoms with Crippen molar-refractivity contribution in [3.63, 3.8) is 0 Å². The van der Waals surface area contributed by atoms with Crippen molar-refractivity contribution in [2.24, 2.45) is 0 Å². The molecule has 0 amide bonds. The number of fused-ring (bicyclic) bond motifs is 9. The number of nitrogens with zero attached hydrogens (tertiary/aromatic N) is 2. The predicted molar refractivity (Wildman–Crippen MR) is 136 cm³/mol. The van der Waals surface area contributed by atoms with Gasteiger partial charge in [0, 0.05) is 33.9 Å². The molecule has 0 aliphatic heterocycles. The Morgan fingerprint density at radius 2 is 0.750 bits per heavy atom. The Balaban J connectivity index is 0.000000126. The van der Waals surface area contributed by atoms with Crippen LogP contribution in [0.4, 0.5) is 0 Å². The van der Waals surface area contributed by atoms with E-state index in [0.29, 0.717) is 0 Å². The highest BCUT2D eigenvalue weighted by atomic mass is 14.7. The van der Waals surface area contributed by atoms with Gasteiger partial charge in [-0.15, -0.1) is 0 Å². The third kappa shape index (κ3) is 3.05. The number of pyridine rings is 2. The van der Waals surface area contributed by atoms with Gasteiger partial charge in [0.05, 0.1) is 11.0 Å². The summed E-state index contributed by atoms with van der Waals surface area (Å²) >= 11 is 0. The molecule has 7 rings (SSSR count). The molecule has 0 bridgehead atoms. The van der Waals surface area contributed by atoms with Crippen molar-refractivity contribution in [1.82, 2.24) is 9.97 Å². The summed E-state index contributed by atoms with van der Waals surface area (Å²) in [7, 11) is 0. The van der Waals surface area contributed by atoms with E-state index < -0.39 is 0 Å². The first-order valence-electron chi connectivity index (χ1n) is 10.8. The normalized spacial score (nSPS) is 11.1. The van der Waals surface area contributed by atoms with E-state index in [2.05, 4.69) is 107 Å². The van der Waals surface area contributed by atoms with Gasteiger partial charge in [0.15, 0.2) is 0 Å². The Labute approximate surface area is 185 Å². The highest BCUT2D eigenvalue weighted by Gasteiger charge is 2.07. The van der Waals surface area contributed by atoms with E-state index in [9.17, 15) is 0 Å². The fourth-order valence-corrected chi connectivity index (χ4v) is 4.53. The van der Waals surface area contributed by atoms with Crippen LogP contribution in [0.3, 0.4) is 0 Å². The monoisotopic (exact) mass is 408 g/mol. The Morgan fingerprint density at radius 3 is 1.47 bits per heavy atom. The molecule has 32 heavy (non-hydrogen) atoms.